The van der Waals surface area contributed by atoms with Gasteiger partial charge in [0.25, 0.3) is 0 Å². The van der Waals surface area contributed by atoms with Crippen LogP contribution in [0, 0.1) is 0 Å². The Hall–Kier alpha value is -0.840. The van der Waals surface area contributed by atoms with Crippen molar-refractivity contribution in [3.05, 3.63) is 23.1 Å². The lowest BCUT2D eigenvalue weighted by Crippen LogP contribution is -2.08. The van der Waals surface area contributed by atoms with E-state index in [0.717, 1.165) is 43.0 Å². The Morgan fingerprint density at radius 3 is 2.71 bits per heavy atom. The number of rotatable bonds is 7. The summed E-state index contributed by atoms with van der Waals surface area (Å²) in [6, 6.07) is 1.82. The summed E-state index contributed by atoms with van der Waals surface area (Å²) in [7, 11) is 0. The van der Waals surface area contributed by atoms with Crippen molar-refractivity contribution in [2.24, 2.45) is 0 Å². The number of aryl methyl sites for hydroxylation is 1. The van der Waals surface area contributed by atoms with Gasteiger partial charge in [0.05, 0.1) is 16.5 Å². The molecule has 2 aromatic rings. The van der Waals surface area contributed by atoms with Crippen LogP contribution in [-0.4, -0.2) is 27.2 Å². The van der Waals surface area contributed by atoms with Crippen LogP contribution >= 0.6 is 23.2 Å². The van der Waals surface area contributed by atoms with E-state index in [1.807, 2.05) is 26.8 Å². The molecule has 0 N–H and O–H groups in total. The van der Waals surface area contributed by atoms with Crippen LogP contribution in [0.2, 0.25) is 5.02 Å². The molecule has 0 aliphatic heterocycles. The van der Waals surface area contributed by atoms with Crippen molar-refractivity contribution in [2.75, 3.05) is 6.61 Å². The van der Waals surface area contributed by atoms with Gasteiger partial charge in [-0.1, -0.05) is 11.6 Å². The van der Waals surface area contributed by atoms with Crippen LogP contribution < -0.4 is 0 Å². The molecule has 116 valence electrons. The normalized spacial score (nSPS) is 13.2. The highest BCUT2D eigenvalue weighted by Gasteiger charge is 2.15. The number of pyridine rings is 1. The second-order valence-corrected chi connectivity index (χ2v) is 6.45. The standard InChI is InChI=1S/C15H21Cl2N3O/c1-10(2)21-7-5-4-6-20-14(11(3)16)19-13-8-12(17)9-18-15(13)20/h8-11H,4-7H2,1-3H3. The Morgan fingerprint density at radius 1 is 1.29 bits per heavy atom. The Bertz CT molecular complexity index is 596. The molecule has 2 aromatic heterocycles. The number of aromatic nitrogens is 3. The average Bonchev–Trinajstić information content (AvgIpc) is 2.76. The smallest absolute Gasteiger partial charge is 0.160 e. The fourth-order valence-corrected chi connectivity index (χ4v) is 2.54. The molecule has 0 aliphatic carbocycles. The van der Waals surface area contributed by atoms with Crippen molar-refractivity contribution < 1.29 is 4.74 Å². The van der Waals surface area contributed by atoms with Gasteiger partial charge in [0.2, 0.25) is 0 Å². The maximum atomic E-state index is 6.23. The highest BCUT2D eigenvalue weighted by atomic mass is 35.5. The monoisotopic (exact) mass is 329 g/mol. The minimum absolute atomic E-state index is 0.162. The van der Waals surface area contributed by atoms with Crippen molar-refractivity contribution in [1.29, 1.82) is 0 Å². The largest absolute Gasteiger partial charge is 0.379 e. The van der Waals surface area contributed by atoms with Crippen molar-refractivity contribution >= 4 is 34.4 Å². The summed E-state index contributed by atoms with van der Waals surface area (Å²) in [5.41, 5.74) is 1.63. The van der Waals surface area contributed by atoms with Gasteiger partial charge in [0, 0.05) is 19.3 Å². The van der Waals surface area contributed by atoms with Gasteiger partial charge >= 0.3 is 0 Å². The molecule has 0 aliphatic rings. The Labute approximate surface area is 135 Å². The Balaban J connectivity index is 2.11. The summed E-state index contributed by atoms with van der Waals surface area (Å²) < 4.78 is 7.64. The molecule has 0 bridgehead atoms. The first-order valence-corrected chi connectivity index (χ1v) is 8.08. The first kappa shape index (κ1) is 16.5. The lowest BCUT2D eigenvalue weighted by molar-refractivity contribution is 0.0754. The molecule has 1 atom stereocenters. The quantitative estimate of drug-likeness (QED) is 0.551. The SMILES string of the molecule is CC(C)OCCCCn1c(C(C)Cl)nc2cc(Cl)cnc21. The molecule has 4 nitrogen and oxygen atoms in total. The van der Waals surface area contributed by atoms with E-state index in [1.165, 1.54) is 0 Å². The van der Waals surface area contributed by atoms with Gasteiger partial charge in [-0.05, 0) is 39.7 Å². The number of ether oxygens (including phenoxy) is 1. The second kappa shape index (κ2) is 7.43. The van der Waals surface area contributed by atoms with Gasteiger partial charge < -0.3 is 9.30 Å². The average molecular weight is 330 g/mol. The number of halogens is 2. The molecular formula is C15H21Cl2N3O. The number of nitrogens with zero attached hydrogens (tertiary/aromatic N) is 3. The van der Waals surface area contributed by atoms with Crippen molar-refractivity contribution in [3.63, 3.8) is 0 Å². The van der Waals surface area contributed by atoms with Gasteiger partial charge in [-0.15, -0.1) is 11.6 Å². The van der Waals surface area contributed by atoms with E-state index < -0.39 is 0 Å². The number of hydrogen-bond acceptors (Lipinski definition) is 3. The molecule has 21 heavy (non-hydrogen) atoms. The van der Waals surface area contributed by atoms with Crippen molar-refractivity contribution in [1.82, 2.24) is 14.5 Å². The van der Waals surface area contributed by atoms with Crippen LogP contribution in [0.4, 0.5) is 0 Å². The zero-order chi connectivity index (χ0) is 15.4. The molecule has 2 rings (SSSR count). The van der Waals surface area contributed by atoms with Gasteiger partial charge in [-0.25, -0.2) is 9.97 Å². The summed E-state index contributed by atoms with van der Waals surface area (Å²) in [5.74, 6) is 0.839. The van der Waals surface area contributed by atoms with Gasteiger partial charge in [0.15, 0.2) is 5.65 Å². The van der Waals surface area contributed by atoms with E-state index in [9.17, 15) is 0 Å². The molecule has 0 radical (unpaired) electrons. The molecule has 0 aromatic carbocycles. The minimum atomic E-state index is -0.162. The summed E-state index contributed by atoms with van der Waals surface area (Å²) in [6.07, 6.45) is 3.93. The summed E-state index contributed by atoms with van der Waals surface area (Å²) in [6.45, 7) is 7.62. The topological polar surface area (TPSA) is 39.9 Å². The lowest BCUT2D eigenvalue weighted by atomic mass is 10.3. The van der Waals surface area contributed by atoms with Crippen LogP contribution in [0.3, 0.4) is 0 Å². The predicted octanol–water partition coefficient (Wildman–Crippen LogP) is 4.59. The molecule has 6 heteroatoms. The summed E-state index contributed by atoms with van der Waals surface area (Å²) in [5, 5.41) is 0.427. The lowest BCUT2D eigenvalue weighted by Gasteiger charge is -2.11. The molecule has 0 saturated carbocycles. The number of hydrogen-bond donors (Lipinski definition) is 0. The van der Waals surface area contributed by atoms with Crippen molar-refractivity contribution in [2.45, 2.75) is 51.6 Å². The molecule has 2 heterocycles. The van der Waals surface area contributed by atoms with Crippen LogP contribution in [0.25, 0.3) is 11.2 Å². The zero-order valence-electron chi connectivity index (χ0n) is 12.6. The highest BCUT2D eigenvalue weighted by molar-refractivity contribution is 6.31. The van der Waals surface area contributed by atoms with Crippen LogP contribution in [0.1, 0.15) is 44.8 Å². The molecule has 1 unspecified atom stereocenters. The van der Waals surface area contributed by atoms with Crippen LogP contribution in [0.15, 0.2) is 12.3 Å². The minimum Gasteiger partial charge on any atom is -0.379 e. The van der Waals surface area contributed by atoms with E-state index in [1.54, 1.807) is 6.20 Å². The molecule has 0 spiro atoms. The Morgan fingerprint density at radius 2 is 2.05 bits per heavy atom. The van der Waals surface area contributed by atoms with E-state index in [0.29, 0.717) is 5.02 Å². The molecule has 0 amide bonds. The van der Waals surface area contributed by atoms with Gasteiger partial charge in [0.1, 0.15) is 11.3 Å². The molecular weight excluding hydrogens is 309 g/mol. The zero-order valence-corrected chi connectivity index (χ0v) is 14.2. The fourth-order valence-electron chi connectivity index (χ4n) is 2.22. The summed E-state index contributed by atoms with van der Waals surface area (Å²) >= 11 is 12.2. The van der Waals surface area contributed by atoms with Crippen LogP contribution in [-0.2, 0) is 11.3 Å². The number of imidazole rings is 1. The number of fused-ring (bicyclic) bond motifs is 1. The Kier molecular flexibility index (Phi) is 5.85. The third-order valence-corrected chi connectivity index (χ3v) is 3.57. The number of unbranched alkanes of at least 4 members (excludes halogenated alkanes) is 1. The van der Waals surface area contributed by atoms with E-state index in [2.05, 4.69) is 14.5 Å². The maximum Gasteiger partial charge on any atom is 0.160 e. The van der Waals surface area contributed by atoms with Gasteiger partial charge in [-0.3, -0.25) is 0 Å². The summed E-state index contributed by atoms with van der Waals surface area (Å²) in [4.78, 5) is 8.94. The van der Waals surface area contributed by atoms with Crippen molar-refractivity contribution in [3.8, 4) is 0 Å². The van der Waals surface area contributed by atoms with Gasteiger partial charge in [-0.2, -0.15) is 0 Å². The number of alkyl halides is 1. The molecule has 0 fully saturated rings. The third kappa shape index (κ3) is 4.31. The second-order valence-electron chi connectivity index (χ2n) is 5.36. The van der Waals surface area contributed by atoms with E-state index >= 15 is 0 Å². The third-order valence-electron chi connectivity index (χ3n) is 3.16. The first-order valence-electron chi connectivity index (χ1n) is 7.26. The van der Waals surface area contributed by atoms with E-state index in [-0.39, 0.29) is 11.5 Å². The predicted molar refractivity (Wildman–Crippen MR) is 87.1 cm³/mol. The maximum absolute atomic E-state index is 6.23. The highest BCUT2D eigenvalue weighted by Crippen LogP contribution is 2.25. The fraction of sp³-hybridized carbons (Fsp3) is 0.600. The first-order chi connectivity index (χ1) is 9.99. The van der Waals surface area contributed by atoms with Crippen LogP contribution in [0.5, 0.6) is 0 Å². The molecule has 0 saturated heterocycles. The van der Waals surface area contributed by atoms with E-state index in [4.69, 9.17) is 27.9 Å².